The number of hydrogen-bond donors (Lipinski definition) is 0. The molecule has 5 rings (SSSR count). The van der Waals surface area contributed by atoms with Crippen molar-refractivity contribution in [1.29, 1.82) is 0 Å². The lowest BCUT2D eigenvalue weighted by Crippen LogP contribution is -2.36. The van der Waals surface area contributed by atoms with Crippen LogP contribution in [0.1, 0.15) is 54.4 Å². The third kappa shape index (κ3) is 4.27. The van der Waals surface area contributed by atoms with E-state index >= 15 is 0 Å². The van der Waals surface area contributed by atoms with E-state index in [0.717, 1.165) is 18.9 Å². The fourth-order valence-corrected chi connectivity index (χ4v) is 4.77. The van der Waals surface area contributed by atoms with Crippen LogP contribution in [0.15, 0.2) is 45.6 Å². The van der Waals surface area contributed by atoms with Gasteiger partial charge in [0.25, 0.3) is 5.91 Å². The number of amides is 1. The van der Waals surface area contributed by atoms with E-state index in [1.165, 1.54) is 12.1 Å². The molecule has 0 bridgehead atoms. The topological polar surface area (TPSA) is 78.2 Å². The van der Waals surface area contributed by atoms with E-state index in [-0.39, 0.29) is 34.3 Å². The molecule has 0 radical (unpaired) electrons. The summed E-state index contributed by atoms with van der Waals surface area (Å²) in [6, 6.07) is 8.39. The highest BCUT2D eigenvalue weighted by Crippen LogP contribution is 2.41. The van der Waals surface area contributed by atoms with Crippen molar-refractivity contribution >= 4 is 16.9 Å². The van der Waals surface area contributed by atoms with Crippen molar-refractivity contribution < 1.29 is 27.8 Å². The number of carbonyl (C=O) groups is 1. The Morgan fingerprint density at radius 1 is 1.14 bits per heavy atom. The number of fused-ring (bicyclic) bond motifs is 2. The quantitative estimate of drug-likeness (QED) is 0.487. The predicted molar refractivity (Wildman–Crippen MR) is 128 cm³/mol. The van der Waals surface area contributed by atoms with Crippen molar-refractivity contribution in [3.63, 3.8) is 0 Å². The molecule has 3 heterocycles. The standard InChI is InChI=1S/C27H28FNO6/c1-15(2)14-34-21-8-6-16(11-22(21)32-3)24-23-25(30)19-12-17(28)7-9-20(19)35-26(23)27(31)29(24)13-18-5-4-10-33-18/h6-9,11-12,15,18,24H,4-5,10,13-14H2,1-3H3/t18-,24-/m1/s1. The third-order valence-electron chi connectivity index (χ3n) is 6.43. The lowest BCUT2D eigenvalue weighted by Gasteiger charge is -2.28. The van der Waals surface area contributed by atoms with E-state index in [4.69, 9.17) is 18.6 Å². The molecule has 0 aliphatic carbocycles. The van der Waals surface area contributed by atoms with Crippen LogP contribution in [0.4, 0.5) is 4.39 Å². The van der Waals surface area contributed by atoms with Crippen LogP contribution in [0.25, 0.3) is 11.0 Å². The second-order valence-electron chi connectivity index (χ2n) is 9.42. The van der Waals surface area contributed by atoms with Crippen LogP contribution in [-0.2, 0) is 4.74 Å². The zero-order valence-electron chi connectivity index (χ0n) is 20.0. The molecule has 2 aromatic carbocycles. The van der Waals surface area contributed by atoms with E-state index in [0.29, 0.717) is 42.7 Å². The molecule has 1 amide bonds. The molecule has 1 saturated heterocycles. The first kappa shape index (κ1) is 23.4. The number of nitrogens with zero attached hydrogens (tertiary/aromatic N) is 1. The Morgan fingerprint density at radius 3 is 2.69 bits per heavy atom. The number of ether oxygens (including phenoxy) is 3. The fourth-order valence-electron chi connectivity index (χ4n) is 4.77. The van der Waals surface area contributed by atoms with Gasteiger partial charge in [0.1, 0.15) is 11.4 Å². The van der Waals surface area contributed by atoms with E-state index in [9.17, 15) is 14.0 Å². The predicted octanol–water partition coefficient (Wildman–Crippen LogP) is 4.70. The molecule has 0 unspecified atom stereocenters. The second-order valence-corrected chi connectivity index (χ2v) is 9.42. The summed E-state index contributed by atoms with van der Waals surface area (Å²) < 4.78 is 37.1. The Balaban J connectivity index is 1.64. The number of halogens is 1. The first-order chi connectivity index (χ1) is 16.9. The lowest BCUT2D eigenvalue weighted by molar-refractivity contribution is 0.0486. The van der Waals surface area contributed by atoms with Crippen LogP contribution in [0.5, 0.6) is 11.5 Å². The molecule has 8 heteroatoms. The Hall–Kier alpha value is -3.39. The molecule has 0 spiro atoms. The summed E-state index contributed by atoms with van der Waals surface area (Å²) in [5, 5.41) is 0.101. The summed E-state index contributed by atoms with van der Waals surface area (Å²) >= 11 is 0. The zero-order chi connectivity index (χ0) is 24.7. The van der Waals surface area contributed by atoms with Crippen LogP contribution in [0.3, 0.4) is 0 Å². The number of benzene rings is 2. The van der Waals surface area contributed by atoms with E-state index in [1.54, 1.807) is 24.1 Å². The molecule has 0 N–H and O–H groups in total. The van der Waals surface area contributed by atoms with Crippen LogP contribution >= 0.6 is 0 Å². The van der Waals surface area contributed by atoms with Crippen molar-refractivity contribution in [2.75, 3.05) is 26.9 Å². The maximum absolute atomic E-state index is 14.0. The van der Waals surface area contributed by atoms with Crippen molar-refractivity contribution in [3.8, 4) is 11.5 Å². The smallest absolute Gasteiger partial charge is 0.291 e. The molecule has 1 aromatic heterocycles. The average molecular weight is 482 g/mol. The number of hydrogen-bond acceptors (Lipinski definition) is 6. The van der Waals surface area contributed by atoms with Crippen LogP contribution < -0.4 is 14.9 Å². The summed E-state index contributed by atoms with van der Waals surface area (Å²) in [6.45, 7) is 5.58. The summed E-state index contributed by atoms with van der Waals surface area (Å²) in [7, 11) is 1.55. The Labute approximate surface area is 202 Å². The zero-order valence-corrected chi connectivity index (χ0v) is 20.0. The largest absolute Gasteiger partial charge is 0.493 e. The third-order valence-corrected chi connectivity index (χ3v) is 6.43. The average Bonchev–Trinajstić information content (AvgIpc) is 3.45. The summed E-state index contributed by atoms with van der Waals surface area (Å²) in [4.78, 5) is 28.7. The molecule has 7 nitrogen and oxygen atoms in total. The van der Waals surface area contributed by atoms with Gasteiger partial charge in [0.2, 0.25) is 5.76 Å². The molecule has 35 heavy (non-hydrogen) atoms. The molecule has 2 atom stereocenters. The maximum atomic E-state index is 14.0. The fraction of sp³-hybridized carbons (Fsp3) is 0.407. The van der Waals surface area contributed by atoms with Crippen molar-refractivity contribution in [2.45, 2.75) is 38.8 Å². The highest BCUT2D eigenvalue weighted by atomic mass is 19.1. The van der Waals surface area contributed by atoms with Gasteiger partial charge in [-0.25, -0.2) is 4.39 Å². The molecule has 184 valence electrons. The van der Waals surface area contributed by atoms with E-state index in [1.807, 2.05) is 6.07 Å². The summed E-state index contributed by atoms with van der Waals surface area (Å²) in [6.07, 6.45) is 1.61. The van der Waals surface area contributed by atoms with Crippen molar-refractivity contribution in [3.05, 3.63) is 69.3 Å². The van der Waals surface area contributed by atoms with Gasteiger partial charge in [-0.05, 0) is 54.7 Å². The SMILES string of the molecule is COc1cc([C@@H]2c3c(oc4ccc(F)cc4c3=O)C(=O)N2C[C@H]2CCCO2)ccc1OCC(C)C. The minimum atomic E-state index is -0.723. The van der Waals surface area contributed by atoms with Gasteiger partial charge >= 0.3 is 0 Å². The monoisotopic (exact) mass is 481 g/mol. The molecule has 0 saturated carbocycles. The number of rotatable bonds is 7. The normalized spacial score (nSPS) is 19.6. The minimum Gasteiger partial charge on any atom is -0.493 e. The Bertz CT molecular complexity index is 1330. The van der Waals surface area contributed by atoms with E-state index < -0.39 is 17.3 Å². The van der Waals surface area contributed by atoms with Crippen LogP contribution in [-0.4, -0.2) is 43.8 Å². The first-order valence-corrected chi connectivity index (χ1v) is 11.9. The highest BCUT2D eigenvalue weighted by molar-refractivity contribution is 5.99. The van der Waals surface area contributed by atoms with Crippen LogP contribution in [0.2, 0.25) is 0 Å². The number of carbonyl (C=O) groups excluding carboxylic acids is 1. The van der Waals surface area contributed by atoms with Gasteiger partial charge in [-0.3, -0.25) is 9.59 Å². The number of methoxy groups -OCH3 is 1. The molecular weight excluding hydrogens is 453 g/mol. The van der Waals surface area contributed by atoms with Gasteiger partial charge in [0, 0.05) is 13.2 Å². The van der Waals surface area contributed by atoms with Gasteiger partial charge in [-0.1, -0.05) is 19.9 Å². The minimum absolute atomic E-state index is 0.0174. The summed E-state index contributed by atoms with van der Waals surface area (Å²) in [5.41, 5.74) is 0.625. The maximum Gasteiger partial charge on any atom is 0.291 e. The van der Waals surface area contributed by atoms with Gasteiger partial charge in [-0.2, -0.15) is 0 Å². The van der Waals surface area contributed by atoms with Crippen molar-refractivity contribution in [2.24, 2.45) is 5.92 Å². The van der Waals surface area contributed by atoms with Gasteiger partial charge < -0.3 is 23.5 Å². The first-order valence-electron chi connectivity index (χ1n) is 11.9. The molecule has 1 fully saturated rings. The van der Waals surface area contributed by atoms with Gasteiger partial charge in [0.15, 0.2) is 16.9 Å². The van der Waals surface area contributed by atoms with E-state index in [2.05, 4.69) is 13.8 Å². The Morgan fingerprint density at radius 2 is 1.97 bits per heavy atom. The molecule has 3 aromatic rings. The second kappa shape index (κ2) is 9.34. The lowest BCUT2D eigenvalue weighted by atomic mass is 9.97. The molecular formula is C27H28FNO6. The van der Waals surface area contributed by atoms with Crippen molar-refractivity contribution in [1.82, 2.24) is 4.90 Å². The van der Waals surface area contributed by atoms with Crippen LogP contribution in [0, 0.1) is 11.7 Å². The highest BCUT2D eigenvalue weighted by Gasteiger charge is 2.44. The van der Waals surface area contributed by atoms with Gasteiger partial charge in [-0.15, -0.1) is 0 Å². The Kier molecular flexibility index (Phi) is 6.23. The summed E-state index contributed by atoms with van der Waals surface area (Å²) in [5.74, 6) is 0.457. The molecule has 2 aliphatic rings. The molecule has 2 aliphatic heterocycles. The van der Waals surface area contributed by atoms with Gasteiger partial charge in [0.05, 0.1) is 36.8 Å².